The van der Waals surface area contributed by atoms with Crippen LogP contribution in [0.2, 0.25) is 0 Å². The minimum absolute atomic E-state index is 0.0254. The molecule has 0 spiro atoms. The molecule has 3 rings (SSSR count). The molecule has 1 amide bonds. The van der Waals surface area contributed by atoms with Crippen molar-refractivity contribution >= 4 is 23.5 Å². The number of amides is 1. The van der Waals surface area contributed by atoms with Gasteiger partial charge in [-0.15, -0.1) is 0 Å². The Labute approximate surface area is 159 Å². The molecule has 1 aliphatic rings. The van der Waals surface area contributed by atoms with Gasteiger partial charge in [0.05, 0.1) is 7.11 Å². The van der Waals surface area contributed by atoms with Gasteiger partial charge in [-0.25, -0.2) is 0 Å². The van der Waals surface area contributed by atoms with Gasteiger partial charge < -0.3 is 14.5 Å². The molecule has 1 heterocycles. The predicted molar refractivity (Wildman–Crippen MR) is 107 cm³/mol. The van der Waals surface area contributed by atoms with Crippen molar-refractivity contribution in [3.8, 4) is 5.75 Å². The Kier molecular flexibility index (Phi) is 5.91. The second-order valence-corrected chi connectivity index (χ2v) is 6.52. The molecule has 1 aliphatic heterocycles. The van der Waals surface area contributed by atoms with E-state index in [-0.39, 0.29) is 11.7 Å². The lowest BCUT2D eigenvalue weighted by Gasteiger charge is -2.35. The fourth-order valence-corrected chi connectivity index (χ4v) is 3.08. The van der Waals surface area contributed by atoms with Gasteiger partial charge >= 0.3 is 0 Å². The monoisotopic (exact) mass is 364 g/mol. The van der Waals surface area contributed by atoms with Gasteiger partial charge in [0.2, 0.25) is 5.91 Å². The summed E-state index contributed by atoms with van der Waals surface area (Å²) in [6, 6.07) is 15.2. The van der Waals surface area contributed by atoms with E-state index in [1.54, 1.807) is 20.1 Å². The zero-order valence-corrected chi connectivity index (χ0v) is 15.7. The Bertz CT molecular complexity index is 818. The van der Waals surface area contributed by atoms with Gasteiger partial charge in [0, 0.05) is 43.5 Å². The molecule has 0 bridgehead atoms. The highest BCUT2D eigenvalue weighted by Crippen LogP contribution is 2.18. The molecule has 0 radical (unpaired) electrons. The first kappa shape index (κ1) is 18.7. The van der Waals surface area contributed by atoms with E-state index < -0.39 is 0 Å². The SMILES string of the molecule is COc1ccc(/C=C/C(=O)N2CCN(c3ccc(C(C)=O)cc3)CC2)cc1. The van der Waals surface area contributed by atoms with Crippen LogP contribution in [0.15, 0.2) is 54.6 Å². The number of carbonyl (C=O) groups excluding carboxylic acids is 2. The molecule has 2 aromatic rings. The normalized spacial score (nSPS) is 14.4. The number of methoxy groups -OCH3 is 1. The highest BCUT2D eigenvalue weighted by molar-refractivity contribution is 5.94. The molecule has 1 saturated heterocycles. The molecule has 0 N–H and O–H groups in total. The lowest BCUT2D eigenvalue weighted by molar-refractivity contribution is -0.126. The number of nitrogens with zero attached hydrogens (tertiary/aromatic N) is 2. The van der Waals surface area contributed by atoms with Gasteiger partial charge in [0.25, 0.3) is 0 Å². The lowest BCUT2D eigenvalue weighted by atomic mass is 10.1. The first-order valence-corrected chi connectivity index (χ1v) is 9.04. The number of benzene rings is 2. The standard InChI is InChI=1S/C22H24N2O3/c1-17(25)19-6-8-20(9-7-19)23-13-15-24(16-14-23)22(26)12-5-18-3-10-21(27-2)11-4-18/h3-12H,13-16H2,1-2H3/b12-5+. The molecule has 5 nitrogen and oxygen atoms in total. The molecule has 0 saturated carbocycles. The first-order chi connectivity index (χ1) is 13.1. The molecular weight excluding hydrogens is 340 g/mol. The molecule has 1 fully saturated rings. The van der Waals surface area contributed by atoms with Crippen LogP contribution in [0.4, 0.5) is 5.69 Å². The number of Topliss-reactive ketones (excluding diaryl/α,β-unsaturated/α-hetero) is 1. The van der Waals surface area contributed by atoms with Crippen LogP contribution in [-0.4, -0.2) is 49.9 Å². The fourth-order valence-electron chi connectivity index (χ4n) is 3.08. The van der Waals surface area contributed by atoms with Crippen LogP contribution in [-0.2, 0) is 4.79 Å². The number of carbonyl (C=O) groups is 2. The van der Waals surface area contributed by atoms with Crippen LogP contribution >= 0.6 is 0 Å². The number of hydrogen-bond acceptors (Lipinski definition) is 4. The van der Waals surface area contributed by atoms with E-state index in [2.05, 4.69) is 4.90 Å². The summed E-state index contributed by atoms with van der Waals surface area (Å²) in [5.41, 5.74) is 2.77. The topological polar surface area (TPSA) is 49.9 Å². The minimum Gasteiger partial charge on any atom is -0.497 e. The van der Waals surface area contributed by atoms with Gasteiger partial charge in [-0.1, -0.05) is 12.1 Å². The second-order valence-electron chi connectivity index (χ2n) is 6.52. The number of rotatable bonds is 5. The van der Waals surface area contributed by atoms with Crippen molar-refractivity contribution in [3.05, 3.63) is 65.7 Å². The number of piperazine rings is 1. The highest BCUT2D eigenvalue weighted by atomic mass is 16.5. The van der Waals surface area contributed by atoms with Gasteiger partial charge in [-0.3, -0.25) is 9.59 Å². The maximum atomic E-state index is 12.4. The summed E-state index contributed by atoms with van der Waals surface area (Å²) < 4.78 is 5.13. The zero-order chi connectivity index (χ0) is 19.2. The third kappa shape index (κ3) is 4.76. The van der Waals surface area contributed by atoms with Crippen LogP contribution in [0.3, 0.4) is 0 Å². The number of ether oxygens (including phenoxy) is 1. The summed E-state index contributed by atoms with van der Waals surface area (Å²) in [5, 5.41) is 0. The van der Waals surface area contributed by atoms with Crippen molar-refractivity contribution in [1.29, 1.82) is 0 Å². The van der Waals surface area contributed by atoms with E-state index in [4.69, 9.17) is 4.74 Å². The molecule has 0 aromatic heterocycles. The molecule has 27 heavy (non-hydrogen) atoms. The maximum Gasteiger partial charge on any atom is 0.246 e. The van der Waals surface area contributed by atoms with Crippen molar-refractivity contribution in [2.45, 2.75) is 6.92 Å². The number of ketones is 1. The van der Waals surface area contributed by atoms with Crippen molar-refractivity contribution in [2.24, 2.45) is 0 Å². The Balaban J connectivity index is 1.54. The first-order valence-electron chi connectivity index (χ1n) is 9.04. The van der Waals surface area contributed by atoms with Crippen LogP contribution in [0, 0.1) is 0 Å². The predicted octanol–water partition coefficient (Wildman–Crippen LogP) is 3.26. The zero-order valence-electron chi connectivity index (χ0n) is 15.7. The minimum atomic E-state index is 0.0254. The smallest absolute Gasteiger partial charge is 0.246 e. The quantitative estimate of drug-likeness (QED) is 0.604. The van der Waals surface area contributed by atoms with Crippen LogP contribution in [0.1, 0.15) is 22.8 Å². The van der Waals surface area contributed by atoms with Crippen molar-refractivity contribution < 1.29 is 14.3 Å². The average molecular weight is 364 g/mol. The van der Waals surface area contributed by atoms with E-state index in [1.165, 1.54) is 0 Å². The third-order valence-corrected chi connectivity index (χ3v) is 4.76. The summed E-state index contributed by atoms with van der Waals surface area (Å²) in [6.45, 7) is 4.49. The third-order valence-electron chi connectivity index (χ3n) is 4.76. The largest absolute Gasteiger partial charge is 0.497 e. The van der Waals surface area contributed by atoms with Gasteiger partial charge in [0.1, 0.15) is 5.75 Å². The summed E-state index contributed by atoms with van der Waals surface area (Å²) >= 11 is 0. The van der Waals surface area contributed by atoms with E-state index >= 15 is 0 Å². The molecule has 2 aromatic carbocycles. The number of anilines is 1. The van der Waals surface area contributed by atoms with Gasteiger partial charge in [-0.2, -0.15) is 0 Å². The van der Waals surface area contributed by atoms with Crippen molar-refractivity contribution in [1.82, 2.24) is 4.90 Å². The van der Waals surface area contributed by atoms with Gasteiger partial charge in [-0.05, 0) is 55.0 Å². The van der Waals surface area contributed by atoms with Crippen LogP contribution < -0.4 is 9.64 Å². The average Bonchev–Trinajstić information content (AvgIpc) is 2.72. The molecular formula is C22H24N2O3. The summed E-state index contributed by atoms with van der Waals surface area (Å²) in [4.78, 5) is 27.9. The van der Waals surface area contributed by atoms with Crippen LogP contribution in [0.25, 0.3) is 6.08 Å². The molecule has 0 atom stereocenters. The Morgan fingerprint density at radius 1 is 0.926 bits per heavy atom. The maximum absolute atomic E-state index is 12.4. The Morgan fingerprint density at radius 3 is 2.11 bits per heavy atom. The van der Waals surface area contributed by atoms with Crippen LogP contribution in [0.5, 0.6) is 5.75 Å². The summed E-state index contributed by atoms with van der Waals surface area (Å²) in [6.07, 6.45) is 3.45. The van der Waals surface area contributed by atoms with E-state index in [0.717, 1.165) is 35.7 Å². The van der Waals surface area contributed by atoms with E-state index in [9.17, 15) is 9.59 Å². The van der Waals surface area contributed by atoms with Gasteiger partial charge in [0.15, 0.2) is 5.78 Å². The fraction of sp³-hybridized carbons (Fsp3) is 0.273. The van der Waals surface area contributed by atoms with E-state index in [1.807, 2.05) is 59.5 Å². The Hall–Kier alpha value is -3.08. The molecule has 0 aliphatic carbocycles. The van der Waals surface area contributed by atoms with Crippen molar-refractivity contribution in [2.75, 3.05) is 38.2 Å². The summed E-state index contributed by atoms with van der Waals surface area (Å²) in [7, 11) is 1.63. The summed E-state index contributed by atoms with van der Waals surface area (Å²) in [5.74, 6) is 0.893. The lowest BCUT2D eigenvalue weighted by Crippen LogP contribution is -2.48. The van der Waals surface area contributed by atoms with E-state index in [0.29, 0.717) is 13.1 Å². The second kappa shape index (κ2) is 8.54. The molecule has 5 heteroatoms. The van der Waals surface area contributed by atoms with Crippen molar-refractivity contribution in [3.63, 3.8) is 0 Å². The molecule has 140 valence electrons. The Morgan fingerprint density at radius 2 is 1.56 bits per heavy atom. The molecule has 0 unspecified atom stereocenters. The number of hydrogen-bond donors (Lipinski definition) is 0. The highest BCUT2D eigenvalue weighted by Gasteiger charge is 2.19.